The molecule has 1 aliphatic rings. The van der Waals surface area contributed by atoms with Crippen LogP contribution in [0.4, 0.5) is 0 Å². The molecule has 2 heterocycles. The Morgan fingerprint density at radius 2 is 1.86 bits per heavy atom. The summed E-state index contributed by atoms with van der Waals surface area (Å²) in [6, 6.07) is 3.35. The molecule has 21 heavy (non-hydrogen) atoms. The summed E-state index contributed by atoms with van der Waals surface area (Å²) in [5.74, 6) is 0.323. The zero-order valence-corrected chi connectivity index (χ0v) is 12.8. The van der Waals surface area contributed by atoms with Gasteiger partial charge in [0.15, 0.2) is 5.76 Å². The van der Waals surface area contributed by atoms with E-state index in [1.807, 2.05) is 20.8 Å². The van der Waals surface area contributed by atoms with E-state index >= 15 is 0 Å². The summed E-state index contributed by atoms with van der Waals surface area (Å²) < 4.78 is 5.14. The first-order valence-corrected chi connectivity index (χ1v) is 7.36. The number of nitrogens with one attached hydrogen (secondary N) is 1. The molecule has 1 N–H and O–H groups in total. The van der Waals surface area contributed by atoms with Gasteiger partial charge < -0.3 is 14.6 Å². The largest absolute Gasteiger partial charge is 0.459 e. The van der Waals surface area contributed by atoms with E-state index in [0.717, 1.165) is 0 Å². The van der Waals surface area contributed by atoms with Crippen molar-refractivity contribution in [3.05, 3.63) is 24.2 Å². The highest BCUT2D eigenvalue weighted by molar-refractivity contribution is 5.91. The van der Waals surface area contributed by atoms with Crippen LogP contribution in [0.1, 0.15) is 31.3 Å². The Hall–Kier alpha value is -1.82. The summed E-state index contributed by atoms with van der Waals surface area (Å²) in [6.07, 6.45) is 1.50. The number of carbonyl (C=O) groups is 2. The number of furan rings is 1. The van der Waals surface area contributed by atoms with Gasteiger partial charge in [-0.3, -0.25) is 14.5 Å². The van der Waals surface area contributed by atoms with E-state index in [-0.39, 0.29) is 23.9 Å². The Bertz CT molecular complexity index is 476. The second-order valence-electron chi connectivity index (χ2n) is 5.64. The summed E-state index contributed by atoms with van der Waals surface area (Å²) in [4.78, 5) is 28.0. The van der Waals surface area contributed by atoms with Crippen molar-refractivity contribution in [3.63, 3.8) is 0 Å². The molecule has 0 unspecified atom stereocenters. The maximum atomic E-state index is 12.2. The fourth-order valence-corrected chi connectivity index (χ4v) is 2.44. The van der Waals surface area contributed by atoms with Crippen LogP contribution in [-0.4, -0.2) is 59.9 Å². The molecule has 0 aromatic carbocycles. The Kier molecular flexibility index (Phi) is 5.01. The van der Waals surface area contributed by atoms with E-state index in [1.165, 1.54) is 6.26 Å². The van der Waals surface area contributed by atoms with Crippen LogP contribution in [0, 0.1) is 0 Å². The van der Waals surface area contributed by atoms with Crippen molar-refractivity contribution in [3.8, 4) is 0 Å². The lowest BCUT2D eigenvalue weighted by Crippen LogP contribution is -2.55. The molecule has 0 radical (unpaired) electrons. The molecule has 1 aromatic heterocycles. The van der Waals surface area contributed by atoms with Crippen LogP contribution in [0.3, 0.4) is 0 Å². The van der Waals surface area contributed by atoms with Crippen LogP contribution in [0.5, 0.6) is 0 Å². The highest BCUT2D eigenvalue weighted by Crippen LogP contribution is 2.11. The molecule has 2 amide bonds. The first-order valence-electron chi connectivity index (χ1n) is 7.36. The maximum absolute atomic E-state index is 12.2. The standard InChI is InChI=1S/C15H23N3O3/c1-11(2)16-14(19)12(3)17-6-8-18(9-7-17)15(20)13-5-4-10-21-13/h4-5,10-12H,6-9H2,1-3H3,(H,16,19)/t12-/m1/s1. The predicted molar refractivity (Wildman–Crippen MR) is 78.9 cm³/mol. The molecule has 0 saturated carbocycles. The van der Waals surface area contributed by atoms with E-state index in [4.69, 9.17) is 4.42 Å². The SMILES string of the molecule is CC(C)NC(=O)[C@@H](C)N1CCN(C(=O)c2ccco2)CC1. The summed E-state index contributed by atoms with van der Waals surface area (Å²) >= 11 is 0. The Morgan fingerprint density at radius 1 is 1.19 bits per heavy atom. The molecule has 0 bridgehead atoms. The van der Waals surface area contributed by atoms with Gasteiger partial charge in [0, 0.05) is 32.2 Å². The van der Waals surface area contributed by atoms with Crippen molar-refractivity contribution in [1.29, 1.82) is 0 Å². The van der Waals surface area contributed by atoms with Gasteiger partial charge in [-0.2, -0.15) is 0 Å². The van der Waals surface area contributed by atoms with Crippen LogP contribution in [0.25, 0.3) is 0 Å². The summed E-state index contributed by atoms with van der Waals surface area (Å²) in [5, 5.41) is 2.92. The number of rotatable bonds is 4. The van der Waals surface area contributed by atoms with Gasteiger partial charge in [-0.15, -0.1) is 0 Å². The second kappa shape index (κ2) is 6.76. The molecule has 0 spiro atoms. The van der Waals surface area contributed by atoms with Gasteiger partial charge in [0.2, 0.25) is 5.91 Å². The molecule has 2 rings (SSSR count). The molecule has 1 aromatic rings. The number of piperazine rings is 1. The van der Waals surface area contributed by atoms with Crippen molar-refractivity contribution in [2.75, 3.05) is 26.2 Å². The van der Waals surface area contributed by atoms with Crippen molar-refractivity contribution in [2.24, 2.45) is 0 Å². The number of hydrogen-bond acceptors (Lipinski definition) is 4. The van der Waals surface area contributed by atoms with Crippen molar-refractivity contribution >= 4 is 11.8 Å². The lowest BCUT2D eigenvalue weighted by molar-refractivity contribution is -0.126. The second-order valence-corrected chi connectivity index (χ2v) is 5.64. The average molecular weight is 293 g/mol. The first-order chi connectivity index (χ1) is 9.99. The Labute approximate surface area is 125 Å². The lowest BCUT2D eigenvalue weighted by Gasteiger charge is -2.37. The summed E-state index contributed by atoms with van der Waals surface area (Å²) in [6.45, 7) is 8.41. The Balaban J connectivity index is 1.85. The molecule has 1 saturated heterocycles. The smallest absolute Gasteiger partial charge is 0.289 e. The monoisotopic (exact) mass is 293 g/mol. The highest BCUT2D eigenvalue weighted by atomic mass is 16.3. The zero-order valence-electron chi connectivity index (χ0n) is 12.8. The lowest BCUT2D eigenvalue weighted by atomic mass is 10.2. The fraction of sp³-hybridized carbons (Fsp3) is 0.600. The number of amides is 2. The van der Waals surface area contributed by atoms with Crippen LogP contribution in [-0.2, 0) is 4.79 Å². The minimum atomic E-state index is -0.173. The average Bonchev–Trinajstić information content (AvgIpc) is 2.99. The fourth-order valence-electron chi connectivity index (χ4n) is 2.44. The molecule has 6 nitrogen and oxygen atoms in total. The van der Waals surface area contributed by atoms with E-state index in [1.54, 1.807) is 17.0 Å². The zero-order chi connectivity index (χ0) is 15.4. The van der Waals surface area contributed by atoms with Crippen LogP contribution < -0.4 is 5.32 Å². The molecule has 6 heteroatoms. The topological polar surface area (TPSA) is 65.8 Å². The molecular weight excluding hydrogens is 270 g/mol. The van der Waals surface area contributed by atoms with E-state index < -0.39 is 0 Å². The summed E-state index contributed by atoms with van der Waals surface area (Å²) in [7, 11) is 0. The van der Waals surface area contributed by atoms with Crippen LogP contribution in [0.2, 0.25) is 0 Å². The number of hydrogen-bond donors (Lipinski definition) is 1. The number of carbonyl (C=O) groups excluding carboxylic acids is 2. The van der Waals surface area contributed by atoms with Gasteiger partial charge in [-0.25, -0.2) is 0 Å². The minimum absolute atomic E-state index is 0.0378. The van der Waals surface area contributed by atoms with Crippen molar-refractivity contribution in [2.45, 2.75) is 32.9 Å². The van der Waals surface area contributed by atoms with Gasteiger partial charge >= 0.3 is 0 Å². The summed E-state index contributed by atoms with van der Waals surface area (Å²) in [5.41, 5.74) is 0. The highest BCUT2D eigenvalue weighted by Gasteiger charge is 2.28. The van der Waals surface area contributed by atoms with Crippen molar-refractivity contribution < 1.29 is 14.0 Å². The maximum Gasteiger partial charge on any atom is 0.289 e. The third kappa shape index (κ3) is 3.85. The van der Waals surface area contributed by atoms with Gasteiger partial charge in [-0.1, -0.05) is 0 Å². The third-order valence-corrected chi connectivity index (χ3v) is 3.69. The molecule has 1 fully saturated rings. The van der Waals surface area contributed by atoms with Gasteiger partial charge in [0.25, 0.3) is 5.91 Å². The van der Waals surface area contributed by atoms with Gasteiger partial charge in [0.05, 0.1) is 12.3 Å². The Morgan fingerprint density at radius 3 is 2.38 bits per heavy atom. The minimum Gasteiger partial charge on any atom is -0.459 e. The quantitative estimate of drug-likeness (QED) is 0.897. The first kappa shape index (κ1) is 15.6. The van der Waals surface area contributed by atoms with Gasteiger partial charge in [0.1, 0.15) is 0 Å². The molecule has 1 aliphatic heterocycles. The third-order valence-electron chi connectivity index (χ3n) is 3.69. The molecule has 1 atom stereocenters. The van der Waals surface area contributed by atoms with E-state index in [9.17, 15) is 9.59 Å². The van der Waals surface area contributed by atoms with Crippen LogP contribution >= 0.6 is 0 Å². The van der Waals surface area contributed by atoms with Gasteiger partial charge in [-0.05, 0) is 32.9 Å². The normalized spacial score (nSPS) is 17.8. The van der Waals surface area contributed by atoms with Crippen LogP contribution in [0.15, 0.2) is 22.8 Å². The molecular formula is C15H23N3O3. The predicted octanol–water partition coefficient (Wildman–Crippen LogP) is 0.950. The molecule has 0 aliphatic carbocycles. The molecule has 116 valence electrons. The number of nitrogens with zero attached hydrogens (tertiary/aromatic N) is 2. The van der Waals surface area contributed by atoms with E-state index in [2.05, 4.69) is 10.2 Å². The van der Waals surface area contributed by atoms with E-state index in [0.29, 0.717) is 31.9 Å². The van der Waals surface area contributed by atoms with Crippen molar-refractivity contribution in [1.82, 2.24) is 15.1 Å².